The van der Waals surface area contributed by atoms with Gasteiger partial charge < -0.3 is 10.2 Å². The van der Waals surface area contributed by atoms with Gasteiger partial charge in [-0.1, -0.05) is 48.5 Å². The Morgan fingerprint density at radius 2 is 1.45 bits per heavy atom. The summed E-state index contributed by atoms with van der Waals surface area (Å²) in [5, 5.41) is 3.00. The number of benzene rings is 3. The van der Waals surface area contributed by atoms with Crippen LogP contribution in [0.2, 0.25) is 0 Å². The molecular weight excluding hydrogens is 602 g/mol. The lowest BCUT2D eigenvalue weighted by Crippen LogP contribution is -2.41. The molecular formula is C33H40FN3O5S2. The first kappa shape index (κ1) is 32.3. The lowest BCUT2D eigenvalue weighted by molar-refractivity contribution is -0.126. The van der Waals surface area contributed by atoms with E-state index >= 15 is 0 Å². The smallest absolute Gasteiger partial charge is 0.240 e. The molecule has 0 spiro atoms. The number of hydrogen-bond acceptors (Lipinski definition) is 6. The van der Waals surface area contributed by atoms with E-state index in [2.05, 4.69) is 27.1 Å². The molecule has 0 unspecified atom stereocenters. The maximum absolute atomic E-state index is 13.2. The first-order chi connectivity index (χ1) is 21.0. The van der Waals surface area contributed by atoms with Gasteiger partial charge in [0.2, 0.25) is 15.9 Å². The van der Waals surface area contributed by atoms with Crippen molar-refractivity contribution in [1.29, 1.82) is 0 Å². The van der Waals surface area contributed by atoms with Crippen LogP contribution in [0.1, 0.15) is 49.8 Å². The number of rotatable bonds is 10. The van der Waals surface area contributed by atoms with Crippen molar-refractivity contribution < 1.29 is 26.0 Å². The lowest BCUT2D eigenvalue weighted by atomic mass is 9.85. The molecule has 1 saturated heterocycles. The fourth-order valence-corrected chi connectivity index (χ4v) is 8.46. The third kappa shape index (κ3) is 8.53. The van der Waals surface area contributed by atoms with E-state index in [4.69, 9.17) is 0 Å². The van der Waals surface area contributed by atoms with Gasteiger partial charge in [0.25, 0.3) is 0 Å². The van der Waals surface area contributed by atoms with Crippen LogP contribution in [0.25, 0.3) is 11.1 Å². The molecule has 236 valence electrons. The van der Waals surface area contributed by atoms with Crippen molar-refractivity contribution in [3.63, 3.8) is 0 Å². The van der Waals surface area contributed by atoms with Crippen LogP contribution in [0, 0.1) is 11.7 Å². The van der Waals surface area contributed by atoms with Crippen LogP contribution in [0.3, 0.4) is 0 Å². The van der Waals surface area contributed by atoms with E-state index < -0.39 is 19.9 Å². The minimum Gasteiger partial charge on any atom is -0.349 e. The van der Waals surface area contributed by atoms with Crippen LogP contribution < -0.4 is 10.0 Å². The highest BCUT2D eigenvalue weighted by molar-refractivity contribution is 7.91. The van der Waals surface area contributed by atoms with Crippen LogP contribution in [0.5, 0.6) is 0 Å². The SMILES string of the molecule is C[C@@H](NC(=O)C1CCC(NS(=O)(=O)c2ccc(-c3ccc(CCN4CCS(=O)(=O)CC4)cc3)cc2)CC1)c1ccc(F)cc1. The average Bonchev–Trinajstić information content (AvgIpc) is 3.01. The maximum Gasteiger partial charge on any atom is 0.240 e. The van der Waals surface area contributed by atoms with Crippen LogP contribution in [-0.4, -0.2) is 64.8 Å². The monoisotopic (exact) mass is 641 g/mol. The average molecular weight is 642 g/mol. The molecule has 11 heteroatoms. The molecule has 8 nitrogen and oxygen atoms in total. The van der Waals surface area contributed by atoms with E-state index in [1.54, 1.807) is 36.4 Å². The van der Waals surface area contributed by atoms with Gasteiger partial charge in [-0.2, -0.15) is 0 Å². The van der Waals surface area contributed by atoms with Gasteiger partial charge in [-0.05, 0) is 85.5 Å². The van der Waals surface area contributed by atoms with Crippen molar-refractivity contribution >= 4 is 25.8 Å². The third-order valence-electron chi connectivity index (χ3n) is 8.75. The van der Waals surface area contributed by atoms with Crippen molar-refractivity contribution in [2.24, 2.45) is 5.92 Å². The number of nitrogens with one attached hydrogen (secondary N) is 2. The molecule has 0 aromatic heterocycles. The van der Waals surface area contributed by atoms with Gasteiger partial charge >= 0.3 is 0 Å². The Balaban J connectivity index is 1.09. The van der Waals surface area contributed by atoms with Crippen molar-refractivity contribution in [2.45, 2.75) is 56.0 Å². The number of carbonyl (C=O) groups is 1. The predicted octanol–water partition coefficient (Wildman–Crippen LogP) is 4.48. The summed E-state index contributed by atoms with van der Waals surface area (Å²) in [6, 6.07) is 20.6. The van der Waals surface area contributed by atoms with Gasteiger partial charge in [0.05, 0.1) is 22.4 Å². The number of hydrogen-bond donors (Lipinski definition) is 2. The molecule has 1 amide bonds. The number of sulfone groups is 1. The molecule has 0 bridgehead atoms. The zero-order chi connectivity index (χ0) is 31.3. The molecule has 1 aliphatic carbocycles. The summed E-state index contributed by atoms with van der Waals surface area (Å²) in [5.74, 6) is -0.112. The van der Waals surface area contributed by atoms with E-state index in [1.807, 2.05) is 19.1 Å². The van der Waals surface area contributed by atoms with E-state index in [1.165, 1.54) is 17.7 Å². The molecule has 2 aliphatic rings. The van der Waals surface area contributed by atoms with Gasteiger partial charge in [-0.25, -0.2) is 25.9 Å². The second-order valence-electron chi connectivity index (χ2n) is 11.9. The molecule has 1 heterocycles. The zero-order valence-corrected chi connectivity index (χ0v) is 26.5. The number of amides is 1. The second-order valence-corrected chi connectivity index (χ2v) is 15.9. The lowest BCUT2D eigenvalue weighted by Gasteiger charge is -2.29. The molecule has 2 N–H and O–H groups in total. The Morgan fingerprint density at radius 1 is 0.886 bits per heavy atom. The molecule has 1 aliphatic heterocycles. The molecule has 1 saturated carbocycles. The Morgan fingerprint density at radius 3 is 2.05 bits per heavy atom. The molecule has 5 rings (SSSR count). The summed E-state index contributed by atoms with van der Waals surface area (Å²) in [5.41, 5.74) is 3.90. The molecule has 3 aromatic rings. The Kier molecular flexibility index (Phi) is 10.2. The van der Waals surface area contributed by atoms with Gasteiger partial charge in [0.1, 0.15) is 5.82 Å². The summed E-state index contributed by atoms with van der Waals surface area (Å²) in [7, 11) is -6.59. The number of sulfonamides is 1. The van der Waals surface area contributed by atoms with Crippen molar-refractivity contribution in [1.82, 2.24) is 14.9 Å². The largest absolute Gasteiger partial charge is 0.349 e. The van der Waals surface area contributed by atoms with Crippen LogP contribution in [-0.2, 0) is 31.1 Å². The molecule has 44 heavy (non-hydrogen) atoms. The number of nitrogens with zero attached hydrogens (tertiary/aromatic N) is 1. The van der Waals surface area contributed by atoms with E-state index in [0.29, 0.717) is 38.8 Å². The normalized spacial score (nSPS) is 21.4. The Hall–Kier alpha value is -3.12. The summed E-state index contributed by atoms with van der Waals surface area (Å²) >= 11 is 0. The van der Waals surface area contributed by atoms with Crippen molar-refractivity contribution in [3.05, 3.63) is 89.7 Å². The fourth-order valence-electron chi connectivity index (χ4n) is 5.88. The Bertz CT molecular complexity index is 1620. The second kappa shape index (κ2) is 13.9. The zero-order valence-electron chi connectivity index (χ0n) is 24.9. The fraction of sp³-hybridized carbons (Fsp3) is 0.424. The molecule has 3 aromatic carbocycles. The topological polar surface area (TPSA) is 113 Å². The summed E-state index contributed by atoms with van der Waals surface area (Å²) in [4.78, 5) is 15.2. The molecule has 1 atom stereocenters. The van der Waals surface area contributed by atoms with Crippen LogP contribution in [0.4, 0.5) is 4.39 Å². The van der Waals surface area contributed by atoms with Crippen LogP contribution >= 0.6 is 0 Å². The summed E-state index contributed by atoms with van der Waals surface area (Å²) in [6.45, 7) is 3.85. The van der Waals surface area contributed by atoms with E-state index in [9.17, 15) is 26.0 Å². The standard InChI is InChI=1S/C33H40FN3O5S2/c1-24(26-6-12-30(34)13-7-26)35-33(38)29-8-14-31(15-9-29)36-44(41,42)32-16-10-28(11-17-32)27-4-2-25(3-5-27)18-19-37-20-22-43(39,40)23-21-37/h2-7,10-13,16-17,24,29,31,36H,8-9,14-15,18-23H2,1H3,(H,35,38)/t24-,29?,31?/m1/s1. The first-order valence-corrected chi connectivity index (χ1v) is 18.5. The molecule has 0 radical (unpaired) electrons. The van der Waals surface area contributed by atoms with E-state index in [-0.39, 0.29) is 46.1 Å². The van der Waals surface area contributed by atoms with Crippen molar-refractivity contribution in [2.75, 3.05) is 31.1 Å². The van der Waals surface area contributed by atoms with Crippen LogP contribution in [0.15, 0.2) is 77.7 Å². The molecule has 2 fully saturated rings. The van der Waals surface area contributed by atoms with Gasteiger partial charge in [-0.15, -0.1) is 0 Å². The highest BCUT2D eigenvalue weighted by atomic mass is 32.2. The van der Waals surface area contributed by atoms with Gasteiger partial charge in [0, 0.05) is 31.6 Å². The summed E-state index contributed by atoms with van der Waals surface area (Å²) in [6.07, 6.45) is 3.16. The minimum atomic E-state index is -3.71. The van der Waals surface area contributed by atoms with Crippen molar-refractivity contribution in [3.8, 4) is 11.1 Å². The first-order valence-electron chi connectivity index (χ1n) is 15.2. The highest BCUT2D eigenvalue weighted by Gasteiger charge is 2.30. The van der Waals surface area contributed by atoms with Gasteiger partial charge in [-0.3, -0.25) is 4.79 Å². The predicted molar refractivity (Wildman–Crippen MR) is 170 cm³/mol. The quantitative estimate of drug-likeness (QED) is 0.338. The maximum atomic E-state index is 13.2. The minimum absolute atomic E-state index is 0.0635. The Labute approximate surface area is 260 Å². The number of carbonyl (C=O) groups excluding carboxylic acids is 1. The number of halogens is 1. The highest BCUT2D eigenvalue weighted by Crippen LogP contribution is 2.28. The van der Waals surface area contributed by atoms with E-state index in [0.717, 1.165) is 29.7 Å². The third-order valence-corrected chi connectivity index (χ3v) is 11.9. The van der Waals surface area contributed by atoms with Gasteiger partial charge in [0.15, 0.2) is 9.84 Å². The summed E-state index contributed by atoms with van der Waals surface area (Å²) < 4.78 is 65.5.